The van der Waals surface area contributed by atoms with Crippen LogP contribution in [0.25, 0.3) is 6.08 Å². The highest BCUT2D eigenvalue weighted by Crippen LogP contribution is 2.33. The molecule has 1 amide bonds. The van der Waals surface area contributed by atoms with Crippen molar-refractivity contribution in [3.8, 4) is 0 Å². The summed E-state index contributed by atoms with van der Waals surface area (Å²) < 4.78 is 5.80. The molecule has 26 heavy (non-hydrogen) atoms. The number of hydrogen-bond donors (Lipinski definition) is 0. The van der Waals surface area contributed by atoms with Gasteiger partial charge in [-0.15, -0.1) is 0 Å². The third kappa shape index (κ3) is 3.60. The van der Waals surface area contributed by atoms with Crippen LogP contribution >= 0.6 is 15.9 Å². The molecule has 1 aromatic heterocycles. The number of rotatable bonds is 4. The summed E-state index contributed by atoms with van der Waals surface area (Å²) in [5.74, 6) is -0.752. The smallest absolute Gasteiger partial charge is 0.340 e. The largest absolute Gasteiger partial charge is 0.465 e. The monoisotopic (exact) mass is 412 g/mol. The molecule has 0 aliphatic carbocycles. The lowest BCUT2D eigenvalue weighted by Gasteiger charge is -2.17. The lowest BCUT2D eigenvalue weighted by atomic mass is 10.0. The van der Waals surface area contributed by atoms with Crippen LogP contribution in [-0.4, -0.2) is 28.9 Å². The topological polar surface area (TPSA) is 59.5 Å². The van der Waals surface area contributed by atoms with Crippen LogP contribution in [0.4, 0.5) is 0 Å². The zero-order valence-electron chi connectivity index (χ0n) is 14.4. The van der Waals surface area contributed by atoms with Gasteiger partial charge in [-0.3, -0.25) is 9.78 Å². The number of methoxy groups -OCH3 is 1. The Hall–Kier alpha value is -2.73. The Morgan fingerprint density at radius 1 is 1.31 bits per heavy atom. The van der Waals surface area contributed by atoms with E-state index in [4.69, 9.17) is 4.74 Å². The fourth-order valence-electron chi connectivity index (χ4n) is 2.86. The van der Waals surface area contributed by atoms with Gasteiger partial charge in [0.05, 0.1) is 24.8 Å². The van der Waals surface area contributed by atoms with Crippen molar-refractivity contribution in [2.75, 3.05) is 7.11 Å². The van der Waals surface area contributed by atoms with Crippen LogP contribution in [0.5, 0.6) is 0 Å². The molecule has 1 aliphatic rings. The molecule has 1 aliphatic heterocycles. The molecule has 0 bridgehead atoms. The van der Waals surface area contributed by atoms with E-state index in [1.165, 1.54) is 7.11 Å². The van der Waals surface area contributed by atoms with Gasteiger partial charge in [0.15, 0.2) is 0 Å². The second-order valence-electron chi connectivity index (χ2n) is 5.82. The average molecular weight is 413 g/mol. The van der Waals surface area contributed by atoms with E-state index in [9.17, 15) is 9.59 Å². The van der Waals surface area contributed by atoms with Crippen LogP contribution < -0.4 is 0 Å². The number of carbonyl (C=O) groups excluding carboxylic acids is 2. The Balaban J connectivity index is 2.03. The molecule has 2 aromatic rings. The average Bonchev–Trinajstić information content (AvgIpc) is 2.86. The molecule has 5 nitrogen and oxygen atoms in total. The fourth-order valence-corrected chi connectivity index (χ4v) is 3.27. The van der Waals surface area contributed by atoms with Crippen LogP contribution in [-0.2, 0) is 20.9 Å². The van der Waals surface area contributed by atoms with E-state index in [0.717, 1.165) is 15.6 Å². The molecule has 0 saturated heterocycles. The number of allylic oxidation sites excluding steroid dienone is 1. The molecular weight excluding hydrogens is 396 g/mol. The number of esters is 1. The minimum absolute atomic E-state index is 0.230. The molecule has 2 heterocycles. The highest BCUT2D eigenvalue weighted by atomic mass is 79.9. The van der Waals surface area contributed by atoms with Gasteiger partial charge in [-0.25, -0.2) is 4.79 Å². The Labute approximate surface area is 160 Å². The first-order valence-corrected chi connectivity index (χ1v) is 8.78. The Bertz CT molecular complexity index is 920. The summed E-state index contributed by atoms with van der Waals surface area (Å²) in [5, 5.41) is 0. The van der Waals surface area contributed by atoms with Crippen molar-refractivity contribution in [3.05, 3.63) is 81.2 Å². The minimum atomic E-state index is -0.522. The summed E-state index contributed by atoms with van der Waals surface area (Å²) in [5.41, 5.74) is 2.90. The zero-order valence-corrected chi connectivity index (χ0v) is 16.0. The van der Waals surface area contributed by atoms with Gasteiger partial charge in [-0.05, 0) is 42.3 Å². The van der Waals surface area contributed by atoms with Gasteiger partial charge in [-0.2, -0.15) is 0 Å². The summed E-state index contributed by atoms with van der Waals surface area (Å²) in [6.45, 7) is 2.09. The predicted molar refractivity (Wildman–Crippen MR) is 102 cm³/mol. The van der Waals surface area contributed by atoms with E-state index >= 15 is 0 Å². The molecule has 0 spiro atoms. The van der Waals surface area contributed by atoms with Crippen molar-refractivity contribution in [1.29, 1.82) is 0 Å². The third-order valence-electron chi connectivity index (χ3n) is 4.12. The number of ether oxygens (including phenoxy) is 1. The minimum Gasteiger partial charge on any atom is -0.465 e. The molecule has 0 radical (unpaired) electrons. The zero-order chi connectivity index (χ0) is 18.7. The quantitative estimate of drug-likeness (QED) is 0.567. The van der Waals surface area contributed by atoms with Crippen LogP contribution in [0, 0.1) is 0 Å². The standard InChI is InChI=1S/C20H17BrN2O3/c1-13-18(20(25)26-2)17(10-14-5-3-7-16(21)9-14)19(24)23(13)12-15-6-4-8-22-11-15/h3-11H,12H2,1-2H3/b17-10-. The molecule has 0 fully saturated rings. The Morgan fingerprint density at radius 3 is 2.77 bits per heavy atom. The maximum absolute atomic E-state index is 13.0. The number of aromatic nitrogens is 1. The molecule has 132 valence electrons. The van der Waals surface area contributed by atoms with Gasteiger partial charge < -0.3 is 9.64 Å². The SMILES string of the molecule is COC(=O)C1=C(C)N(Cc2cccnc2)C(=O)/C1=C\c1cccc(Br)c1. The first-order chi connectivity index (χ1) is 12.5. The third-order valence-corrected chi connectivity index (χ3v) is 4.62. The van der Waals surface area contributed by atoms with Gasteiger partial charge >= 0.3 is 5.97 Å². The van der Waals surface area contributed by atoms with Crippen molar-refractivity contribution in [2.24, 2.45) is 0 Å². The summed E-state index contributed by atoms with van der Waals surface area (Å²) >= 11 is 3.42. The lowest BCUT2D eigenvalue weighted by Crippen LogP contribution is -2.24. The maximum Gasteiger partial charge on any atom is 0.340 e. The number of amides is 1. The molecule has 1 aromatic carbocycles. The number of hydrogen-bond acceptors (Lipinski definition) is 4. The lowest BCUT2D eigenvalue weighted by molar-refractivity contribution is -0.136. The van der Waals surface area contributed by atoms with E-state index in [2.05, 4.69) is 20.9 Å². The van der Waals surface area contributed by atoms with Crippen LogP contribution in [0.2, 0.25) is 0 Å². The summed E-state index contributed by atoms with van der Waals surface area (Å²) in [6.07, 6.45) is 5.09. The van der Waals surface area contributed by atoms with E-state index in [-0.39, 0.29) is 5.91 Å². The molecule has 3 rings (SSSR count). The normalized spacial score (nSPS) is 15.7. The van der Waals surface area contributed by atoms with E-state index in [1.54, 1.807) is 30.3 Å². The van der Waals surface area contributed by atoms with Gasteiger partial charge in [-0.1, -0.05) is 34.1 Å². The number of pyridine rings is 1. The van der Waals surface area contributed by atoms with E-state index in [1.807, 2.05) is 36.4 Å². The highest BCUT2D eigenvalue weighted by Gasteiger charge is 2.36. The first-order valence-electron chi connectivity index (χ1n) is 7.99. The second kappa shape index (κ2) is 7.66. The molecule has 6 heteroatoms. The molecule has 0 atom stereocenters. The first kappa shape index (κ1) is 18.1. The van der Waals surface area contributed by atoms with Crippen LogP contribution in [0.1, 0.15) is 18.1 Å². The predicted octanol–water partition coefficient (Wildman–Crippen LogP) is 3.72. The van der Waals surface area contributed by atoms with Gasteiger partial charge in [0.1, 0.15) is 0 Å². The Morgan fingerprint density at radius 2 is 2.12 bits per heavy atom. The highest BCUT2D eigenvalue weighted by molar-refractivity contribution is 9.10. The van der Waals surface area contributed by atoms with Gasteiger partial charge in [0, 0.05) is 22.6 Å². The van der Waals surface area contributed by atoms with Crippen molar-refractivity contribution in [2.45, 2.75) is 13.5 Å². The summed E-state index contributed by atoms with van der Waals surface area (Å²) in [7, 11) is 1.31. The molecular formula is C20H17BrN2O3. The molecule has 0 saturated carbocycles. The summed E-state index contributed by atoms with van der Waals surface area (Å²) in [6, 6.07) is 11.2. The number of benzene rings is 1. The van der Waals surface area contributed by atoms with Crippen molar-refractivity contribution >= 4 is 33.9 Å². The summed E-state index contributed by atoms with van der Waals surface area (Å²) in [4.78, 5) is 31.0. The van der Waals surface area contributed by atoms with Crippen LogP contribution in [0.15, 0.2) is 70.1 Å². The fraction of sp³-hybridized carbons (Fsp3) is 0.150. The molecule has 0 unspecified atom stereocenters. The van der Waals surface area contributed by atoms with Crippen LogP contribution in [0.3, 0.4) is 0 Å². The number of carbonyl (C=O) groups is 2. The van der Waals surface area contributed by atoms with Gasteiger partial charge in [0.25, 0.3) is 5.91 Å². The van der Waals surface area contributed by atoms with Gasteiger partial charge in [0.2, 0.25) is 0 Å². The van der Waals surface area contributed by atoms with E-state index in [0.29, 0.717) is 23.4 Å². The second-order valence-corrected chi connectivity index (χ2v) is 6.73. The number of halogens is 1. The molecule has 0 N–H and O–H groups in total. The van der Waals surface area contributed by atoms with Crippen molar-refractivity contribution < 1.29 is 14.3 Å². The van der Waals surface area contributed by atoms with E-state index < -0.39 is 5.97 Å². The maximum atomic E-state index is 13.0. The van der Waals surface area contributed by atoms with Crippen molar-refractivity contribution in [1.82, 2.24) is 9.88 Å². The number of nitrogens with zero attached hydrogens (tertiary/aromatic N) is 2. The van der Waals surface area contributed by atoms with Crippen molar-refractivity contribution in [3.63, 3.8) is 0 Å². The Kier molecular flexibility index (Phi) is 5.32.